The first kappa shape index (κ1) is 18.4. The van der Waals surface area contributed by atoms with E-state index in [1.54, 1.807) is 0 Å². The number of aryl methyl sites for hydroxylation is 1. The molecule has 1 aromatic carbocycles. The summed E-state index contributed by atoms with van der Waals surface area (Å²) in [4.78, 5) is 17.1. The van der Waals surface area contributed by atoms with Crippen molar-refractivity contribution in [2.75, 3.05) is 39.3 Å². The molecule has 2 heterocycles. The molecule has 25 heavy (non-hydrogen) atoms. The van der Waals surface area contributed by atoms with Gasteiger partial charge < -0.3 is 10.1 Å². The summed E-state index contributed by atoms with van der Waals surface area (Å²) in [5.74, 6) is 0.127. The molecule has 3 rings (SSSR count). The highest BCUT2D eigenvalue weighted by atomic mass is 16.5. The topological polar surface area (TPSA) is 44.8 Å². The Hall–Kier alpha value is -1.43. The van der Waals surface area contributed by atoms with Crippen molar-refractivity contribution in [3.63, 3.8) is 0 Å². The first-order valence-electron chi connectivity index (χ1n) is 9.51. The fourth-order valence-corrected chi connectivity index (χ4v) is 3.88. The van der Waals surface area contributed by atoms with Gasteiger partial charge >= 0.3 is 0 Å². The number of rotatable bonds is 5. The SMILES string of the molecule is Cc1ccccc1CNC(=O)CN1CCC(N2CCOC(C)C2)CC1. The smallest absolute Gasteiger partial charge is 0.234 e. The van der Waals surface area contributed by atoms with Gasteiger partial charge in [-0.1, -0.05) is 24.3 Å². The molecule has 2 aliphatic heterocycles. The third-order valence-electron chi connectivity index (χ3n) is 5.45. The zero-order valence-corrected chi connectivity index (χ0v) is 15.5. The van der Waals surface area contributed by atoms with Gasteiger partial charge in [-0.25, -0.2) is 0 Å². The Bertz CT molecular complexity index is 570. The molecule has 0 saturated carbocycles. The molecule has 1 N–H and O–H groups in total. The Labute approximate surface area is 151 Å². The molecule has 1 atom stereocenters. The summed E-state index contributed by atoms with van der Waals surface area (Å²) in [6.45, 7) is 10.3. The average molecular weight is 345 g/mol. The maximum Gasteiger partial charge on any atom is 0.234 e. The summed E-state index contributed by atoms with van der Waals surface area (Å²) >= 11 is 0. The van der Waals surface area contributed by atoms with Crippen LogP contribution in [0, 0.1) is 6.92 Å². The summed E-state index contributed by atoms with van der Waals surface area (Å²) in [7, 11) is 0. The predicted octanol–water partition coefficient (Wildman–Crippen LogP) is 1.80. The fourth-order valence-electron chi connectivity index (χ4n) is 3.88. The second-order valence-corrected chi connectivity index (χ2v) is 7.39. The van der Waals surface area contributed by atoms with Crippen LogP contribution in [0.25, 0.3) is 0 Å². The van der Waals surface area contributed by atoms with Crippen molar-refractivity contribution in [3.05, 3.63) is 35.4 Å². The Morgan fingerprint density at radius 3 is 2.72 bits per heavy atom. The van der Waals surface area contributed by atoms with Gasteiger partial charge in [0.15, 0.2) is 0 Å². The third kappa shape index (κ3) is 5.27. The van der Waals surface area contributed by atoms with E-state index in [1.807, 2.05) is 12.1 Å². The zero-order chi connectivity index (χ0) is 17.6. The second-order valence-electron chi connectivity index (χ2n) is 7.39. The van der Waals surface area contributed by atoms with Crippen LogP contribution >= 0.6 is 0 Å². The van der Waals surface area contributed by atoms with E-state index in [1.165, 1.54) is 11.1 Å². The van der Waals surface area contributed by atoms with Crippen LogP contribution in [0.5, 0.6) is 0 Å². The van der Waals surface area contributed by atoms with Crippen molar-refractivity contribution < 1.29 is 9.53 Å². The van der Waals surface area contributed by atoms with Crippen LogP contribution in [0.2, 0.25) is 0 Å². The second kappa shape index (κ2) is 8.79. The van der Waals surface area contributed by atoms with Crippen molar-refractivity contribution in [2.45, 2.75) is 45.4 Å². The quantitative estimate of drug-likeness (QED) is 0.884. The molecule has 1 aromatic rings. The van der Waals surface area contributed by atoms with Crippen LogP contribution in [0.3, 0.4) is 0 Å². The maximum absolute atomic E-state index is 12.2. The van der Waals surface area contributed by atoms with Crippen molar-refractivity contribution in [1.82, 2.24) is 15.1 Å². The molecule has 0 bridgehead atoms. The van der Waals surface area contributed by atoms with Gasteiger partial charge in [0.05, 0.1) is 19.3 Å². The third-order valence-corrected chi connectivity index (χ3v) is 5.45. The largest absolute Gasteiger partial charge is 0.376 e. The van der Waals surface area contributed by atoms with Gasteiger partial charge in [0, 0.05) is 38.8 Å². The lowest BCUT2D eigenvalue weighted by Gasteiger charge is -2.41. The van der Waals surface area contributed by atoms with Crippen molar-refractivity contribution >= 4 is 5.91 Å². The predicted molar refractivity (Wildman–Crippen MR) is 99.5 cm³/mol. The van der Waals surface area contributed by atoms with E-state index in [4.69, 9.17) is 4.74 Å². The van der Waals surface area contributed by atoms with E-state index < -0.39 is 0 Å². The monoisotopic (exact) mass is 345 g/mol. The summed E-state index contributed by atoms with van der Waals surface area (Å²) in [6.07, 6.45) is 2.65. The van der Waals surface area contributed by atoms with Gasteiger partial charge in [0.25, 0.3) is 0 Å². The highest BCUT2D eigenvalue weighted by molar-refractivity contribution is 5.78. The zero-order valence-electron chi connectivity index (χ0n) is 15.5. The van der Waals surface area contributed by atoms with Crippen LogP contribution in [0.15, 0.2) is 24.3 Å². The van der Waals surface area contributed by atoms with Crippen molar-refractivity contribution in [3.8, 4) is 0 Å². The maximum atomic E-state index is 12.2. The number of hydrogen-bond acceptors (Lipinski definition) is 4. The molecule has 2 fully saturated rings. The number of ether oxygens (including phenoxy) is 1. The average Bonchev–Trinajstić information content (AvgIpc) is 2.62. The number of carbonyl (C=O) groups is 1. The van der Waals surface area contributed by atoms with Crippen LogP contribution in [-0.2, 0) is 16.1 Å². The number of carbonyl (C=O) groups excluding carboxylic acids is 1. The molecular formula is C20H31N3O2. The molecule has 138 valence electrons. The van der Waals surface area contributed by atoms with Gasteiger partial charge in [-0.2, -0.15) is 0 Å². The minimum absolute atomic E-state index is 0.127. The van der Waals surface area contributed by atoms with Gasteiger partial charge in [-0.15, -0.1) is 0 Å². The molecule has 0 spiro atoms. The number of nitrogens with one attached hydrogen (secondary N) is 1. The van der Waals surface area contributed by atoms with E-state index in [2.05, 4.69) is 41.1 Å². The van der Waals surface area contributed by atoms with Gasteiger partial charge in [0.1, 0.15) is 0 Å². The van der Waals surface area contributed by atoms with Crippen molar-refractivity contribution in [1.29, 1.82) is 0 Å². The van der Waals surface area contributed by atoms with Crippen LogP contribution in [0.4, 0.5) is 0 Å². The molecular weight excluding hydrogens is 314 g/mol. The molecule has 0 aliphatic carbocycles. The van der Waals surface area contributed by atoms with Crippen LogP contribution in [0.1, 0.15) is 30.9 Å². The Balaban J connectivity index is 1.38. The summed E-state index contributed by atoms with van der Waals surface area (Å²) in [5.41, 5.74) is 2.42. The van der Waals surface area contributed by atoms with Gasteiger partial charge in [-0.3, -0.25) is 14.6 Å². The summed E-state index contributed by atoms with van der Waals surface area (Å²) < 4.78 is 5.64. The Morgan fingerprint density at radius 2 is 2.00 bits per heavy atom. The van der Waals surface area contributed by atoms with E-state index in [0.717, 1.165) is 45.6 Å². The minimum atomic E-state index is 0.127. The minimum Gasteiger partial charge on any atom is -0.376 e. The molecule has 5 nitrogen and oxygen atoms in total. The van der Waals surface area contributed by atoms with E-state index in [9.17, 15) is 4.79 Å². The molecule has 1 unspecified atom stereocenters. The number of hydrogen-bond donors (Lipinski definition) is 1. The highest BCUT2D eigenvalue weighted by Gasteiger charge is 2.28. The standard InChI is InChI=1S/C20H31N3O2/c1-16-5-3-4-6-18(16)13-21-20(24)15-22-9-7-19(8-10-22)23-11-12-25-17(2)14-23/h3-6,17,19H,7-15H2,1-2H3,(H,21,24). The lowest BCUT2D eigenvalue weighted by atomic mass is 10.0. The first-order valence-corrected chi connectivity index (χ1v) is 9.51. The highest BCUT2D eigenvalue weighted by Crippen LogP contribution is 2.19. The number of likely N-dealkylation sites (tertiary alicyclic amines) is 1. The Morgan fingerprint density at radius 1 is 1.24 bits per heavy atom. The van der Waals surface area contributed by atoms with Crippen molar-refractivity contribution in [2.24, 2.45) is 0 Å². The number of piperidine rings is 1. The number of morpholine rings is 1. The lowest BCUT2D eigenvalue weighted by molar-refractivity contribution is -0.122. The molecule has 0 aromatic heterocycles. The normalized spacial score (nSPS) is 23.5. The number of benzene rings is 1. The van der Waals surface area contributed by atoms with E-state index >= 15 is 0 Å². The number of amides is 1. The van der Waals surface area contributed by atoms with Gasteiger partial charge in [0.2, 0.25) is 5.91 Å². The lowest BCUT2D eigenvalue weighted by Crippen LogP contribution is -2.52. The van der Waals surface area contributed by atoms with E-state index in [0.29, 0.717) is 25.2 Å². The van der Waals surface area contributed by atoms with Gasteiger partial charge in [-0.05, 0) is 37.8 Å². The molecule has 1 amide bonds. The molecule has 0 radical (unpaired) electrons. The van der Waals surface area contributed by atoms with E-state index in [-0.39, 0.29) is 5.91 Å². The first-order chi connectivity index (χ1) is 12.1. The summed E-state index contributed by atoms with van der Waals surface area (Å²) in [5, 5.41) is 3.06. The molecule has 2 aliphatic rings. The number of nitrogens with zero attached hydrogens (tertiary/aromatic N) is 2. The van der Waals surface area contributed by atoms with Crippen LogP contribution < -0.4 is 5.32 Å². The molecule has 5 heteroatoms. The fraction of sp³-hybridized carbons (Fsp3) is 0.650. The summed E-state index contributed by atoms with van der Waals surface area (Å²) in [6, 6.07) is 8.85. The van der Waals surface area contributed by atoms with Crippen LogP contribution in [-0.4, -0.2) is 67.2 Å². The Kier molecular flexibility index (Phi) is 6.45. The molecule has 2 saturated heterocycles.